The van der Waals surface area contributed by atoms with Crippen LogP contribution in [0.4, 0.5) is 0 Å². The van der Waals surface area contributed by atoms with Crippen LogP contribution < -0.4 is 0 Å². The third kappa shape index (κ3) is 2.94. The van der Waals surface area contributed by atoms with Crippen LogP contribution in [0.25, 0.3) is 0 Å². The maximum absolute atomic E-state index is 11.9. The normalized spacial score (nSPS) is 16.5. The molecule has 0 spiro atoms. The molecule has 1 aromatic carbocycles. The van der Waals surface area contributed by atoms with Crippen LogP contribution in [-0.4, -0.2) is 20.5 Å². The Kier molecular flexibility index (Phi) is 3.33. The van der Waals surface area contributed by atoms with Gasteiger partial charge in [-0.2, -0.15) is 0 Å². The lowest BCUT2D eigenvalue weighted by Crippen LogP contribution is -2.16. The summed E-state index contributed by atoms with van der Waals surface area (Å²) in [6.45, 7) is 0. The number of hydrogen-bond donors (Lipinski definition) is 0. The van der Waals surface area contributed by atoms with Crippen molar-refractivity contribution in [1.29, 1.82) is 0 Å². The molecule has 92 valence electrons. The summed E-state index contributed by atoms with van der Waals surface area (Å²) >= 11 is 0. The predicted molar refractivity (Wildman–Crippen MR) is 65.8 cm³/mol. The van der Waals surface area contributed by atoms with E-state index < -0.39 is 9.84 Å². The Morgan fingerprint density at radius 2 is 2.06 bits per heavy atom. The van der Waals surface area contributed by atoms with Gasteiger partial charge in [-0.15, -0.1) is 0 Å². The zero-order valence-electron chi connectivity index (χ0n) is 9.85. The summed E-state index contributed by atoms with van der Waals surface area (Å²) in [6, 6.07) is 6.33. The zero-order chi connectivity index (χ0) is 12.5. The molecule has 0 radical (unpaired) electrons. The van der Waals surface area contributed by atoms with Gasteiger partial charge < -0.3 is 0 Å². The van der Waals surface area contributed by atoms with Crippen LogP contribution in [0, 0.1) is 5.92 Å². The minimum Gasteiger partial charge on any atom is -0.294 e. The Balaban J connectivity index is 2.17. The fraction of sp³-hybridized carbons (Fsp3) is 0.462. The molecule has 1 fully saturated rings. The van der Waals surface area contributed by atoms with Crippen molar-refractivity contribution < 1.29 is 13.2 Å². The Morgan fingerprint density at radius 3 is 2.59 bits per heavy atom. The summed E-state index contributed by atoms with van der Waals surface area (Å²) in [6.07, 6.45) is 5.16. The number of benzene rings is 1. The molecule has 2 rings (SSSR count). The van der Waals surface area contributed by atoms with E-state index in [2.05, 4.69) is 0 Å². The smallest absolute Gasteiger partial charge is 0.175 e. The molecule has 1 aromatic rings. The van der Waals surface area contributed by atoms with Crippen LogP contribution in [0.5, 0.6) is 0 Å². The van der Waals surface area contributed by atoms with E-state index in [1.165, 1.54) is 18.6 Å². The monoisotopic (exact) mass is 252 g/mol. The second-order valence-electron chi connectivity index (χ2n) is 4.72. The van der Waals surface area contributed by atoms with Crippen LogP contribution in [-0.2, 0) is 9.84 Å². The van der Waals surface area contributed by atoms with Gasteiger partial charge >= 0.3 is 0 Å². The maximum Gasteiger partial charge on any atom is 0.175 e. The number of rotatable bonds is 4. The lowest BCUT2D eigenvalue weighted by molar-refractivity contribution is 0.0936. The number of ketones is 1. The highest BCUT2D eigenvalue weighted by Crippen LogP contribution is 2.30. The van der Waals surface area contributed by atoms with Crippen molar-refractivity contribution in [2.45, 2.75) is 30.6 Å². The molecular formula is C13H16O3S. The van der Waals surface area contributed by atoms with Gasteiger partial charge in [-0.25, -0.2) is 8.42 Å². The van der Waals surface area contributed by atoms with E-state index in [-0.39, 0.29) is 10.7 Å². The van der Waals surface area contributed by atoms with Gasteiger partial charge in [-0.05, 0) is 18.1 Å². The van der Waals surface area contributed by atoms with Gasteiger partial charge in [0.05, 0.1) is 4.90 Å². The van der Waals surface area contributed by atoms with E-state index in [9.17, 15) is 13.2 Å². The molecule has 0 aliphatic heterocycles. The van der Waals surface area contributed by atoms with Gasteiger partial charge in [-0.3, -0.25) is 4.79 Å². The number of carbonyl (C=O) groups excluding carboxylic acids is 1. The van der Waals surface area contributed by atoms with Gasteiger partial charge in [0.1, 0.15) is 0 Å². The second-order valence-corrected chi connectivity index (χ2v) is 6.74. The number of carbonyl (C=O) groups is 1. The molecule has 0 amide bonds. The van der Waals surface area contributed by atoms with Crippen LogP contribution in [0.15, 0.2) is 29.2 Å². The minimum atomic E-state index is -3.23. The molecule has 0 heterocycles. The molecule has 1 saturated carbocycles. The fourth-order valence-corrected chi connectivity index (χ4v) is 2.64. The van der Waals surface area contributed by atoms with Gasteiger partial charge in [0.2, 0.25) is 0 Å². The first-order valence-electron chi connectivity index (χ1n) is 5.80. The number of Topliss-reactive ketones (excluding diaryl/α,β-unsaturated/α-hetero) is 1. The van der Waals surface area contributed by atoms with E-state index >= 15 is 0 Å². The first-order chi connectivity index (χ1) is 7.97. The molecule has 0 saturated heterocycles. The summed E-state index contributed by atoms with van der Waals surface area (Å²) in [7, 11) is -3.23. The molecule has 0 atom stereocenters. The average Bonchev–Trinajstić information content (AvgIpc) is 2.22. The topological polar surface area (TPSA) is 51.2 Å². The third-order valence-corrected chi connectivity index (χ3v) is 4.39. The standard InChI is InChI=1S/C13H16O3S/c1-17(15,16)12-7-3-6-11(9-12)13(14)8-10-4-2-5-10/h3,6-7,9-10H,2,4-5,8H2,1H3. The first kappa shape index (κ1) is 12.3. The van der Waals surface area contributed by atoms with Crippen molar-refractivity contribution in [3.63, 3.8) is 0 Å². The van der Waals surface area contributed by atoms with E-state index in [1.54, 1.807) is 12.1 Å². The minimum absolute atomic E-state index is 0.0557. The van der Waals surface area contributed by atoms with Gasteiger partial charge in [0.25, 0.3) is 0 Å². The third-order valence-electron chi connectivity index (χ3n) is 3.28. The van der Waals surface area contributed by atoms with E-state index in [1.807, 2.05) is 0 Å². The fourth-order valence-electron chi connectivity index (χ4n) is 1.98. The molecule has 0 N–H and O–H groups in total. The SMILES string of the molecule is CS(=O)(=O)c1cccc(C(=O)CC2CCC2)c1. The summed E-state index contributed by atoms with van der Waals surface area (Å²) in [5, 5.41) is 0. The van der Waals surface area contributed by atoms with E-state index in [4.69, 9.17) is 0 Å². The van der Waals surface area contributed by atoms with Crippen LogP contribution in [0.1, 0.15) is 36.0 Å². The van der Waals surface area contributed by atoms with Crippen molar-refractivity contribution in [2.75, 3.05) is 6.26 Å². The van der Waals surface area contributed by atoms with Crippen LogP contribution >= 0.6 is 0 Å². The Bertz CT molecular complexity index is 527. The molecule has 1 aliphatic rings. The van der Waals surface area contributed by atoms with Gasteiger partial charge in [-0.1, -0.05) is 31.4 Å². The van der Waals surface area contributed by atoms with E-state index in [0.29, 0.717) is 17.9 Å². The Morgan fingerprint density at radius 1 is 1.35 bits per heavy atom. The van der Waals surface area contributed by atoms with Gasteiger partial charge in [0, 0.05) is 18.2 Å². The molecule has 1 aliphatic carbocycles. The van der Waals surface area contributed by atoms with Crippen molar-refractivity contribution in [3.8, 4) is 0 Å². The van der Waals surface area contributed by atoms with Gasteiger partial charge in [0.15, 0.2) is 15.6 Å². The Labute approximate surface area is 102 Å². The molecule has 0 unspecified atom stereocenters. The predicted octanol–water partition coefficient (Wildman–Crippen LogP) is 2.46. The molecule has 4 heteroatoms. The van der Waals surface area contributed by atoms with Crippen molar-refractivity contribution in [2.24, 2.45) is 5.92 Å². The Hall–Kier alpha value is -1.16. The highest BCUT2D eigenvalue weighted by atomic mass is 32.2. The highest BCUT2D eigenvalue weighted by Gasteiger charge is 2.21. The molecule has 3 nitrogen and oxygen atoms in total. The summed E-state index contributed by atoms with van der Waals surface area (Å²) in [4.78, 5) is 12.2. The maximum atomic E-state index is 11.9. The van der Waals surface area contributed by atoms with Crippen LogP contribution in [0.3, 0.4) is 0 Å². The molecular weight excluding hydrogens is 236 g/mol. The lowest BCUT2D eigenvalue weighted by Gasteiger charge is -2.24. The average molecular weight is 252 g/mol. The highest BCUT2D eigenvalue weighted by molar-refractivity contribution is 7.90. The van der Waals surface area contributed by atoms with E-state index in [0.717, 1.165) is 19.1 Å². The summed E-state index contributed by atoms with van der Waals surface area (Å²) in [5.41, 5.74) is 0.514. The number of hydrogen-bond acceptors (Lipinski definition) is 3. The largest absolute Gasteiger partial charge is 0.294 e. The summed E-state index contributed by atoms with van der Waals surface area (Å²) < 4.78 is 22.8. The summed E-state index contributed by atoms with van der Waals surface area (Å²) in [5.74, 6) is 0.560. The van der Waals surface area contributed by atoms with Crippen LogP contribution in [0.2, 0.25) is 0 Å². The zero-order valence-corrected chi connectivity index (χ0v) is 10.7. The number of sulfone groups is 1. The van der Waals surface area contributed by atoms with Crippen molar-refractivity contribution in [3.05, 3.63) is 29.8 Å². The second kappa shape index (κ2) is 4.61. The van der Waals surface area contributed by atoms with Crippen molar-refractivity contribution >= 4 is 15.6 Å². The molecule has 0 bridgehead atoms. The first-order valence-corrected chi connectivity index (χ1v) is 7.69. The molecule has 0 aromatic heterocycles. The van der Waals surface area contributed by atoms with Crippen molar-refractivity contribution in [1.82, 2.24) is 0 Å². The molecule has 17 heavy (non-hydrogen) atoms. The lowest BCUT2D eigenvalue weighted by atomic mass is 9.81. The quantitative estimate of drug-likeness (QED) is 0.773.